The number of thiocarbonyl (C=S) groups is 1. The second kappa shape index (κ2) is 7.07. The lowest BCUT2D eigenvalue weighted by atomic mass is 10.3. The van der Waals surface area contributed by atoms with E-state index < -0.39 is 10.0 Å². The van der Waals surface area contributed by atoms with Crippen LogP contribution in [0.5, 0.6) is 0 Å². The SMILES string of the molecule is COCCN(C(C)C)S(=O)(=O)c1cccnc1C(N)=S. The molecule has 1 aromatic heterocycles. The van der Waals surface area contributed by atoms with Gasteiger partial charge in [0.25, 0.3) is 0 Å². The van der Waals surface area contributed by atoms with Gasteiger partial charge in [0, 0.05) is 25.9 Å². The summed E-state index contributed by atoms with van der Waals surface area (Å²) in [5, 5.41) is 0. The maximum atomic E-state index is 12.7. The van der Waals surface area contributed by atoms with Crippen LogP contribution in [0.1, 0.15) is 19.5 Å². The Morgan fingerprint density at radius 3 is 2.70 bits per heavy atom. The lowest BCUT2D eigenvalue weighted by Gasteiger charge is -2.26. The predicted molar refractivity (Wildman–Crippen MR) is 81.0 cm³/mol. The van der Waals surface area contributed by atoms with Gasteiger partial charge in [-0.05, 0) is 26.0 Å². The fraction of sp³-hybridized carbons (Fsp3) is 0.500. The van der Waals surface area contributed by atoms with E-state index in [9.17, 15) is 8.42 Å². The smallest absolute Gasteiger partial charge is 0.245 e. The molecule has 0 radical (unpaired) electrons. The summed E-state index contributed by atoms with van der Waals surface area (Å²) in [4.78, 5) is 3.95. The highest BCUT2D eigenvalue weighted by molar-refractivity contribution is 7.89. The third kappa shape index (κ3) is 3.72. The molecule has 0 amide bonds. The zero-order valence-corrected chi connectivity index (χ0v) is 13.4. The quantitative estimate of drug-likeness (QED) is 0.747. The van der Waals surface area contributed by atoms with Crippen LogP contribution in [0, 0.1) is 0 Å². The zero-order chi connectivity index (χ0) is 15.3. The molecule has 0 fully saturated rings. The number of ether oxygens (including phenoxy) is 1. The Bertz CT molecular complexity index is 573. The van der Waals surface area contributed by atoms with Crippen LogP contribution in [-0.2, 0) is 14.8 Å². The van der Waals surface area contributed by atoms with Gasteiger partial charge in [0.2, 0.25) is 10.0 Å². The van der Waals surface area contributed by atoms with E-state index in [1.165, 1.54) is 23.7 Å². The largest absolute Gasteiger partial charge is 0.388 e. The highest BCUT2D eigenvalue weighted by atomic mass is 32.2. The second-order valence-electron chi connectivity index (χ2n) is 4.42. The molecular weight excluding hydrogens is 298 g/mol. The van der Waals surface area contributed by atoms with Crippen molar-refractivity contribution < 1.29 is 13.2 Å². The van der Waals surface area contributed by atoms with E-state index in [1.807, 2.05) is 0 Å². The number of sulfonamides is 1. The molecule has 0 aliphatic carbocycles. The van der Waals surface area contributed by atoms with E-state index in [1.54, 1.807) is 19.9 Å². The van der Waals surface area contributed by atoms with Gasteiger partial charge in [0.1, 0.15) is 15.6 Å². The summed E-state index contributed by atoms with van der Waals surface area (Å²) >= 11 is 4.87. The van der Waals surface area contributed by atoms with Crippen LogP contribution in [-0.4, -0.2) is 49.0 Å². The summed E-state index contributed by atoms with van der Waals surface area (Å²) in [7, 11) is -2.20. The minimum absolute atomic E-state index is 0.0253. The second-order valence-corrected chi connectivity index (χ2v) is 6.72. The molecule has 0 spiro atoms. The Balaban J connectivity index is 3.30. The number of hydrogen-bond acceptors (Lipinski definition) is 5. The Hall–Kier alpha value is -1.09. The van der Waals surface area contributed by atoms with Crippen LogP contribution < -0.4 is 5.73 Å². The van der Waals surface area contributed by atoms with Gasteiger partial charge in [0.05, 0.1) is 6.61 Å². The lowest BCUT2D eigenvalue weighted by Crippen LogP contribution is -2.40. The first-order valence-corrected chi connectivity index (χ1v) is 7.92. The van der Waals surface area contributed by atoms with Gasteiger partial charge in [-0.15, -0.1) is 0 Å². The third-order valence-corrected chi connectivity index (χ3v) is 4.98. The van der Waals surface area contributed by atoms with Crippen molar-refractivity contribution in [3.05, 3.63) is 24.0 Å². The van der Waals surface area contributed by atoms with Gasteiger partial charge in [0.15, 0.2) is 0 Å². The van der Waals surface area contributed by atoms with E-state index >= 15 is 0 Å². The van der Waals surface area contributed by atoms with Crippen molar-refractivity contribution in [2.75, 3.05) is 20.3 Å². The standard InChI is InChI=1S/C12H19N3O3S2/c1-9(2)15(7-8-18-3)20(16,17)10-5-4-6-14-11(10)12(13)19/h4-6,9H,7-8H2,1-3H3,(H2,13,19). The van der Waals surface area contributed by atoms with E-state index in [0.29, 0.717) is 6.61 Å². The number of nitrogens with two attached hydrogens (primary N) is 1. The van der Waals surface area contributed by atoms with Gasteiger partial charge in [-0.1, -0.05) is 12.2 Å². The van der Waals surface area contributed by atoms with Crippen LogP contribution in [0.3, 0.4) is 0 Å². The summed E-state index contributed by atoms with van der Waals surface area (Å²) in [6.07, 6.45) is 1.46. The Labute approximate surface area is 125 Å². The van der Waals surface area contributed by atoms with Gasteiger partial charge in [-0.2, -0.15) is 4.31 Å². The number of pyridine rings is 1. The monoisotopic (exact) mass is 317 g/mol. The summed E-state index contributed by atoms with van der Waals surface area (Å²) < 4.78 is 31.7. The molecule has 0 aliphatic rings. The molecule has 1 heterocycles. The minimum Gasteiger partial charge on any atom is -0.388 e. The predicted octanol–water partition coefficient (Wildman–Crippen LogP) is 0.761. The number of hydrogen-bond donors (Lipinski definition) is 1. The molecule has 0 aliphatic heterocycles. The van der Waals surface area contributed by atoms with E-state index in [-0.39, 0.29) is 28.2 Å². The molecular formula is C12H19N3O3S2. The van der Waals surface area contributed by atoms with Crippen molar-refractivity contribution in [2.45, 2.75) is 24.8 Å². The molecule has 0 atom stereocenters. The van der Waals surface area contributed by atoms with E-state index in [4.69, 9.17) is 22.7 Å². The van der Waals surface area contributed by atoms with Gasteiger partial charge in [-0.25, -0.2) is 8.42 Å². The highest BCUT2D eigenvalue weighted by Gasteiger charge is 2.29. The summed E-state index contributed by atoms with van der Waals surface area (Å²) in [5.41, 5.74) is 5.67. The molecule has 1 aromatic rings. The lowest BCUT2D eigenvalue weighted by molar-refractivity contribution is 0.171. The van der Waals surface area contributed by atoms with Crippen LogP contribution >= 0.6 is 12.2 Å². The first kappa shape index (κ1) is 17.0. The van der Waals surface area contributed by atoms with Crippen LogP contribution in [0.25, 0.3) is 0 Å². The van der Waals surface area contributed by atoms with Gasteiger partial charge < -0.3 is 10.5 Å². The topological polar surface area (TPSA) is 85.5 Å². The van der Waals surface area contributed by atoms with Crippen molar-refractivity contribution in [3.8, 4) is 0 Å². The fourth-order valence-corrected chi connectivity index (χ4v) is 3.75. The molecule has 6 nitrogen and oxygen atoms in total. The van der Waals surface area contributed by atoms with E-state index in [2.05, 4.69) is 4.98 Å². The molecule has 20 heavy (non-hydrogen) atoms. The molecule has 112 valence electrons. The van der Waals surface area contributed by atoms with Crippen molar-refractivity contribution in [1.29, 1.82) is 0 Å². The van der Waals surface area contributed by atoms with Crippen molar-refractivity contribution in [3.63, 3.8) is 0 Å². The average Bonchev–Trinajstić information content (AvgIpc) is 2.38. The average molecular weight is 317 g/mol. The maximum absolute atomic E-state index is 12.7. The number of methoxy groups -OCH3 is 1. The van der Waals surface area contributed by atoms with Crippen molar-refractivity contribution in [1.82, 2.24) is 9.29 Å². The maximum Gasteiger partial charge on any atom is 0.245 e. The molecule has 8 heteroatoms. The molecule has 0 saturated heterocycles. The van der Waals surface area contributed by atoms with Crippen molar-refractivity contribution in [2.24, 2.45) is 5.73 Å². The summed E-state index contributed by atoms with van der Waals surface area (Å²) in [6, 6.07) is 2.79. The normalized spacial score (nSPS) is 12.1. The first-order chi connectivity index (χ1) is 9.32. The van der Waals surface area contributed by atoms with Gasteiger partial charge in [-0.3, -0.25) is 4.98 Å². The molecule has 0 unspecified atom stereocenters. The Morgan fingerprint density at radius 2 is 2.20 bits per heavy atom. The molecule has 1 rings (SSSR count). The highest BCUT2D eigenvalue weighted by Crippen LogP contribution is 2.20. The number of rotatable bonds is 7. The van der Waals surface area contributed by atoms with Crippen LogP contribution in [0.15, 0.2) is 23.2 Å². The van der Waals surface area contributed by atoms with Gasteiger partial charge >= 0.3 is 0 Å². The summed E-state index contributed by atoms with van der Waals surface area (Å²) in [6.45, 7) is 4.15. The van der Waals surface area contributed by atoms with Crippen LogP contribution in [0.2, 0.25) is 0 Å². The fourth-order valence-electron chi connectivity index (χ4n) is 1.75. The zero-order valence-electron chi connectivity index (χ0n) is 11.7. The Kier molecular flexibility index (Phi) is 6.00. The first-order valence-electron chi connectivity index (χ1n) is 6.08. The number of aromatic nitrogens is 1. The molecule has 0 saturated carbocycles. The minimum atomic E-state index is -3.72. The molecule has 0 aromatic carbocycles. The Morgan fingerprint density at radius 1 is 1.55 bits per heavy atom. The molecule has 2 N–H and O–H groups in total. The third-order valence-electron chi connectivity index (χ3n) is 2.68. The molecule has 0 bridgehead atoms. The van der Waals surface area contributed by atoms with Crippen molar-refractivity contribution >= 4 is 27.2 Å². The van der Waals surface area contributed by atoms with Crippen LogP contribution in [0.4, 0.5) is 0 Å². The summed E-state index contributed by atoms with van der Waals surface area (Å²) in [5.74, 6) is 0. The van der Waals surface area contributed by atoms with E-state index in [0.717, 1.165) is 0 Å². The number of nitrogens with zero attached hydrogens (tertiary/aromatic N) is 2.